The third-order valence-electron chi connectivity index (χ3n) is 5.25. The summed E-state index contributed by atoms with van der Waals surface area (Å²) in [7, 11) is 1.85. The molecule has 0 saturated heterocycles. The minimum Gasteiger partial charge on any atom is -0.461 e. The maximum absolute atomic E-state index is 13.1. The highest BCUT2D eigenvalue weighted by molar-refractivity contribution is 7.98. The summed E-state index contributed by atoms with van der Waals surface area (Å²) < 4.78 is 6.11. The average Bonchev–Trinajstić information content (AvgIpc) is 3.44. The first-order valence-corrected chi connectivity index (χ1v) is 11.5. The second-order valence-corrected chi connectivity index (χ2v) is 8.50. The van der Waals surface area contributed by atoms with Crippen molar-refractivity contribution in [3.63, 3.8) is 0 Å². The number of carbonyl (C=O) groups is 1. The van der Waals surface area contributed by atoms with E-state index < -0.39 is 0 Å². The van der Waals surface area contributed by atoms with Gasteiger partial charge >= 0.3 is 0 Å². The number of amides is 1. The van der Waals surface area contributed by atoms with Crippen molar-refractivity contribution in [1.82, 2.24) is 20.1 Å². The number of rotatable bonds is 9. The predicted molar refractivity (Wildman–Crippen MR) is 123 cm³/mol. The van der Waals surface area contributed by atoms with Crippen LogP contribution in [-0.2, 0) is 18.7 Å². The molecule has 0 aliphatic carbocycles. The van der Waals surface area contributed by atoms with Crippen molar-refractivity contribution in [2.45, 2.75) is 43.6 Å². The van der Waals surface area contributed by atoms with Crippen molar-refractivity contribution in [1.29, 1.82) is 0 Å². The largest absolute Gasteiger partial charge is 0.461 e. The van der Waals surface area contributed by atoms with Crippen LogP contribution in [0.15, 0.2) is 64.4 Å². The first kappa shape index (κ1) is 21.2. The van der Waals surface area contributed by atoms with Gasteiger partial charge < -0.3 is 9.32 Å². The van der Waals surface area contributed by atoms with Gasteiger partial charge in [-0.1, -0.05) is 55.4 Å². The second-order valence-electron chi connectivity index (χ2n) is 7.54. The van der Waals surface area contributed by atoms with E-state index in [4.69, 9.17) is 4.42 Å². The normalized spacial score (nSPS) is 11.2. The predicted octanol–water partition coefficient (Wildman–Crippen LogP) is 5.46. The fourth-order valence-electron chi connectivity index (χ4n) is 3.55. The Morgan fingerprint density at radius 3 is 2.71 bits per heavy atom. The number of H-pyrrole nitrogens is 1. The van der Waals surface area contributed by atoms with Crippen LogP contribution in [0.1, 0.15) is 47.0 Å². The highest BCUT2D eigenvalue weighted by Gasteiger charge is 2.19. The van der Waals surface area contributed by atoms with Crippen molar-refractivity contribution in [3.8, 4) is 0 Å². The number of hydrogen-bond donors (Lipinski definition) is 1. The molecule has 2 aromatic heterocycles. The van der Waals surface area contributed by atoms with Gasteiger partial charge in [-0.3, -0.25) is 9.89 Å². The van der Waals surface area contributed by atoms with Crippen LogP contribution >= 0.6 is 11.8 Å². The van der Waals surface area contributed by atoms with Crippen LogP contribution in [0.5, 0.6) is 0 Å². The summed E-state index contributed by atoms with van der Waals surface area (Å²) in [6.07, 6.45) is 4.56. The first-order valence-electron chi connectivity index (χ1n) is 10.5. The molecule has 0 spiro atoms. The Morgan fingerprint density at radius 1 is 1.16 bits per heavy atom. The molecule has 0 saturated carbocycles. The molecule has 2 heterocycles. The molecule has 4 rings (SSSR count). The number of fused-ring (bicyclic) bond motifs is 1. The molecule has 1 N–H and O–H groups in total. The molecule has 7 heteroatoms. The van der Waals surface area contributed by atoms with Gasteiger partial charge in [-0.2, -0.15) is 5.10 Å². The highest BCUT2D eigenvalue weighted by Crippen LogP contribution is 2.28. The molecule has 0 fully saturated rings. The molecule has 0 aliphatic heterocycles. The van der Waals surface area contributed by atoms with Crippen molar-refractivity contribution < 1.29 is 9.21 Å². The number of aromatic nitrogens is 3. The van der Waals surface area contributed by atoms with Crippen molar-refractivity contribution in [2.24, 2.45) is 0 Å². The van der Waals surface area contributed by atoms with Gasteiger partial charge in [-0.05, 0) is 30.2 Å². The first-order chi connectivity index (χ1) is 15.2. The zero-order chi connectivity index (χ0) is 21.6. The summed E-state index contributed by atoms with van der Waals surface area (Å²) in [5.74, 6) is 1.75. The van der Waals surface area contributed by atoms with E-state index in [1.54, 1.807) is 16.7 Å². The fraction of sp³-hybridized carbons (Fsp3) is 0.292. The molecule has 160 valence electrons. The Balaban J connectivity index is 1.46. The van der Waals surface area contributed by atoms with E-state index in [-0.39, 0.29) is 5.91 Å². The lowest BCUT2D eigenvalue weighted by Crippen LogP contribution is -2.26. The molecule has 31 heavy (non-hydrogen) atoms. The van der Waals surface area contributed by atoms with E-state index in [1.165, 1.54) is 6.33 Å². The number of carbonyl (C=O) groups excluding carboxylic acids is 1. The van der Waals surface area contributed by atoms with E-state index in [1.807, 2.05) is 49.5 Å². The van der Waals surface area contributed by atoms with Gasteiger partial charge in [-0.15, -0.1) is 0 Å². The Labute approximate surface area is 186 Å². The van der Waals surface area contributed by atoms with E-state index in [2.05, 4.69) is 28.2 Å². The van der Waals surface area contributed by atoms with Gasteiger partial charge in [0.15, 0.2) is 5.16 Å². The van der Waals surface area contributed by atoms with Gasteiger partial charge in [0.05, 0.1) is 0 Å². The number of unbranched alkanes of at least 4 members (excludes halogenated alkanes) is 1. The molecule has 0 aliphatic rings. The third kappa shape index (κ3) is 4.99. The number of hydrogen-bond acceptors (Lipinski definition) is 5. The molecule has 4 aromatic rings. The van der Waals surface area contributed by atoms with Crippen LogP contribution in [0.25, 0.3) is 11.0 Å². The van der Waals surface area contributed by atoms with Gasteiger partial charge in [0, 0.05) is 42.3 Å². The van der Waals surface area contributed by atoms with E-state index in [0.29, 0.717) is 12.1 Å². The van der Waals surface area contributed by atoms with Crippen LogP contribution in [0, 0.1) is 0 Å². The van der Waals surface area contributed by atoms with Gasteiger partial charge in [0.25, 0.3) is 5.91 Å². The maximum atomic E-state index is 13.1. The van der Waals surface area contributed by atoms with Gasteiger partial charge in [0.1, 0.15) is 17.7 Å². The lowest BCUT2D eigenvalue weighted by atomic mass is 10.1. The van der Waals surface area contributed by atoms with Crippen molar-refractivity contribution in [3.05, 3.63) is 77.3 Å². The minimum atomic E-state index is 0.00107. The number of nitrogens with one attached hydrogen (secondary N) is 1. The summed E-state index contributed by atoms with van der Waals surface area (Å²) in [6.45, 7) is 2.70. The molecule has 1 amide bonds. The highest BCUT2D eigenvalue weighted by atomic mass is 32.2. The lowest BCUT2D eigenvalue weighted by Gasteiger charge is -2.18. The fourth-order valence-corrected chi connectivity index (χ4v) is 4.29. The minimum absolute atomic E-state index is 0.00107. The number of furan rings is 1. The number of nitrogens with zero attached hydrogens (tertiary/aromatic N) is 3. The molecule has 0 unspecified atom stereocenters. The molecular weight excluding hydrogens is 408 g/mol. The van der Waals surface area contributed by atoms with Crippen LogP contribution in [-0.4, -0.2) is 33.0 Å². The molecule has 0 atom stereocenters. The average molecular weight is 435 g/mol. The Kier molecular flexibility index (Phi) is 6.72. The Morgan fingerprint density at radius 2 is 1.97 bits per heavy atom. The number of benzene rings is 2. The molecular formula is C24H26N4O2S. The van der Waals surface area contributed by atoms with Gasteiger partial charge in [0.2, 0.25) is 0 Å². The zero-order valence-corrected chi connectivity index (χ0v) is 18.6. The van der Waals surface area contributed by atoms with E-state index in [0.717, 1.165) is 58.0 Å². The summed E-state index contributed by atoms with van der Waals surface area (Å²) >= 11 is 1.58. The SMILES string of the molecule is CCCCc1oc2ccccc2c1CN(C)C(=O)c1ccc(CSc2ncn[nH]2)cc1. The third-order valence-corrected chi connectivity index (χ3v) is 6.20. The quantitative estimate of drug-likeness (QED) is 0.354. The van der Waals surface area contributed by atoms with Crippen molar-refractivity contribution in [2.75, 3.05) is 7.05 Å². The summed E-state index contributed by atoms with van der Waals surface area (Å²) in [5.41, 5.74) is 3.81. The smallest absolute Gasteiger partial charge is 0.253 e. The van der Waals surface area contributed by atoms with E-state index in [9.17, 15) is 4.79 Å². The summed E-state index contributed by atoms with van der Waals surface area (Å²) in [6, 6.07) is 15.8. The summed E-state index contributed by atoms with van der Waals surface area (Å²) in [4.78, 5) is 18.9. The van der Waals surface area contributed by atoms with Crippen LogP contribution in [0.4, 0.5) is 0 Å². The van der Waals surface area contributed by atoms with Crippen LogP contribution < -0.4 is 0 Å². The number of thioether (sulfide) groups is 1. The van der Waals surface area contributed by atoms with Crippen LogP contribution in [0.2, 0.25) is 0 Å². The van der Waals surface area contributed by atoms with Gasteiger partial charge in [-0.25, -0.2) is 4.98 Å². The number of aromatic amines is 1. The molecule has 2 aromatic carbocycles. The Bertz CT molecular complexity index is 1140. The maximum Gasteiger partial charge on any atom is 0.253 e. The monoisotopic (exact) mass is 434 g/mol. The summed E-state index contributed by atoms with van der Waals surface area (Å²) in [5, 5.41) is 8.56. The Hall–Kier alpha value is -3.06. The number of para-hydroxylation sites is 1. The van der Waals surface area contributed by atoms with Crippen molar-refractivity contribution >= 4 is 28.6 Å². The van der Waals surface area contributed by atoms with E-state index >= 15 is 0 Å². The standard InChI is InChI=1S/C24H26N4O2S/c1-3-4-8-22-20(19-7-5-6-9-21(19)30-22)14-28(2)23(29)18-12-10-17(11-13-18)15-31-24-25-16-26-27-24/h5-7,9-13,16H,3-4,8,14-15H2,1-2H3,(H,25,26,27). The zero-order valence-electron chi connectivity index (χ0n) is 17.8. The van der Waals surface area contributed by atoms with Crippen LogP contribution in [0.3, 0.4) is 0 Å². The topological polar surface area (TPSA) is 75.0 Å². The molecule has 0 bridgehead atoms. The lowest BCUT2D eigenvalue weighted by molar-refractivity contribution is 0.0785. The molecule has 0 radical (unpaired) electrons. The molecule has 6 nitrogen and oxygen atoms in total. The second kappa shape index (κ2) is 9.83. The number of aryl methyl sites for hydroxylation is 1.